The second-order valence-electron chi connectivity index (χ2n) is 9.56. The van der Waals surface area contributed by atoms with Crippen LogP contribution in [0.1, 0.15) is 38.5 Å². The molecule has 4 aliphatic carbocycles. The van der Waals surface area contributed by atoms with E-state index in [1.807, 2.05) is 7.05 Å². The van der Waals surface area contributed by atoms with Crippen LogP contribution in [0.4, 0.5) is 10.1 Å². The van der Waals surface area contributed by atoms with Crippen molar-refractivity contribution in [1.29, 1.82) is 0 Å². The zero-order valence-electron chi connectivity index (χ0n) is 16.6. The van der Waals surface area contributed by atoms with Gasteiger partial charge in [-0.1, -0.05) is 0 Å². The number of amides is 2. The SMILES string of the molecule is C[NH+](CC(=O)NCC12CC3CC(CC(C3)C1)C2)CC(=O)Nc1ccc(F)cc1. The lowest BCUT2D eigenvalue weighted by Gasteiger charge is -2.56. The molecule has 5 nitrogen and oxygen atoms in total. The molecule has 1 aromatic rings. The van der Waals surface area contributed by atoms with Crippen molar-refractivity contribution in [3.05, 3.63) is 30.1 Å². The van der Waals surface area contributed by atoms with E-state index in [0.717, 1.165) is 29.2 Å². The summed E-state index contributed by atoms with van der Waals surface area (Å²) in [5.74, 6) is 2.14. The van der Waals surface area contributed by atoms with E-state index < -0.39 is 0 Å². The van der Waals surface area contributed by atoms with E-state index in [0.29, 0.717) is 11.1 Å². The van der Waals surface area contributed by atoms with Gasteiger partial charge in [0.25, 0.3) is 11.8 Å². The first-order valence-electron chi connectivity index (χ1n) is 10.5. The predicted molar refractivity (Wildman–Crippen MR) is 105 cm³/mol. The van der Waals surface area contributed by atoms with Crippen LogP contribution in [0.2, 0.25) is 0 Å². The minimum absolute atomic E-state index is 0.0165. The van der Waals surface area contributed by atoms with Gasteiger partial charge in [-0.15, -0.1) is 0 Å². The molecule has 1 aromatic carbocycles. The number of likely N-dealkylation sites (N-methyl/N-ethyl adjacent to an activating group) is 1. The molecule has 1 unspecified atom stereocenters. The van der Waals surface area contributed by atoms with Gasteiger partial charge in [-0.25, -0.2) is 4.39 Å². The third-order valence-electron chi connectivity index (χ3n) is 6.88. The van der Waals surface area contributed by atoms with E-state index in [1.165, 1.54) is 62.8 Å². The number of hydrogen-bond donors (Lipinski definition) is 3. The summed E-state index contributed by atoms with van der Waals surface area (Å²) in [6.45, 7) is 1.27. The van der Waals surface area contributed by atoms with Crippen LogP contribution in [-0.2, 0) is 9.59 Å². The van der Waals surface area contributed by atoms with Crippen LogP contribution in [0.25, 0.3) is 0 Å². The van der Waals surface area contributed by atoms with Gasteiger partial charge in [0.05, 0.1) is 7.05 Å². The van der Waals surface area contributed by atoms with Crippen LogP contribution in [0.3, 0.4) is 0 Å². The van der Waals surface area contributed by atoms with Gasteiger partial charge in [0.1, 0.15) is 5.82 Å². The predicted octanol–water partition coefficient (Wildman–Crippen LogP) is 1.61. The fraction of sp³-hybridized carbons (Fsp3) is 0.636. The van der Waals surface area contributed by atoms with Crippen molar-refractivity contribution in [2.45, 2.75) is 38.5 Å². The lowest BCUT2D eigenvalue weighted by atomic mass is 9.49. The van der Waals surface area contributed by atoms with Crippen LogP contribution in [0.5, 0.6) is 0 Å². The molecule has 3 N–H and O–H groups in total. The minimum Gasteiger partial charge on any atom is -0.351 e. The lowest BCUT2D eigenvalue weighted by Crippen LogP contribution is -3.11. The smallest absolute Gasteiger partial charge is 0.279 e. The first-order chi connectivity index (χ1) is 13.4. The third kappa shape index (κ3) is 4.54. The summed E-state index contributed by atoms with van der Waals surface area (Å²) >= 11 is 0. The molecule has 1 atom stereocenters. The Labute approximate surface area is 166 Å². The Bertz CT molecular complexity index is 699. The molecule has 28 heavy (non-hydrogen) atoms. The zero-order valence-corrected chi connectivity index (χ0v) is 16.6. The highest BCUT2D eigenvalue weighted by molar-refractivity contribution is 5.91. The van der Waals surface area contributed by atoms with Crippen molar-refractivity contribution in [3.8, 4) is 0 Å². The van der Waals surface area contributed by atoms with E-state index in [2.05, 4.69) is 10.6 Å². The molecule has 5 rings (SSSR count). The summed E-state index contributed by atoms with van der Waals surface area (Å²) in [5, 5.41) is 5.90. The fourth-order valence-corrected chi connectivity index (χ4v) is 6.20. The minimum atomic E-state index is -0.337. The molecule has 4 aliphatic rings. The maximum Gasteiger partial charge on any atom is 0.279 e. The highest BCUT2D eigenvalue weighted by atomic mass is 19.1. The summed E-state index contributed by atoms with van der Waals surface area (Å²) in [7, 11) is 1.84. The lowest BCUT2D eigenvalue weighted by molar-refractivity contribution is -0.862. The van der Waals surface area contributed by atoms with Crippen LogP contribution >= 0.6 is 0 Å². The molecular weight excluding hydrogens is 357 g/mol. The summed E-state index contributed by atoms with van der Waals surface area (Å²) in [6.07, 6.45) is 8.06. The van der Waals surface area contributed by atoms with Crippen LogP contribution in [-0.4, -0.2) is 38.5 Å². The van der Waals surface area contributed by atoms with Crippen molar-refractivity contribution in [3.63, 3.8) is 0 Å². The Morgan fingerprint density at radius 1 is 1.00 bits per heavy atom. The van der Waals surface area contributed by atoms with E-state index in [1.54, 1.807) is 0 Å². The van der Waals surface area contributed by atoms with E-state index in [-0.39, 0.29) is 30.7 Å². The molecule has 4 fully saturated rings. The number of carbonyl (C=O) groups excluding carboxylic acids is 2. The second kappa shape index (κ2) is 7.82. The number of rotatable bonds is 7. The first-order valence-corrected chi connectivity index (χ1v) is 10.5. The molecule has 0 radical (unpaired) electrons. The molecule has 6 heteroatoms. The molecule has 0 saturated heterocycles. The standard InChI is InChI=1S/C22H30FN3O2/c1-26(13-21(28)25-19-4-2-18(23)3-5-19)12-20(27)24-14-22-9-15-6-16(10-22)8-17(7-15)11-22/h2-5,15-17H,6-14H2,1H3,(H,24,27)(H,25,28)/p+1. The van der Waals surface area contributed by atoms with Crippen LogP contribution in [0, 0.1) is 29.0 Å². The zero-order chi connectivity index (χ0) is 19.7. The quantitative estimate of drug-likeness (QED) is 0.665. The van der Waals surface area contributed by atoms with Gasteiger partial charge >= 0.3 is 0 Å². The first kappa shape index (κ1) is 19.4. The Hall–Kier alpha value is -1.95. The molecule has 0 aromatic heterocycles. The summed E-state index contributed by atoms with van der Waals surface area (Å²) in [5.41, 5.74) is 0.892. The van der Waals surface area contributed by atoms with Crippen LogP contribution in [0.15, 0.2) is 24.3 Å². The van der Waals surface area contributed by atoms with Crippen molar-refractivity contribution in [2.75, 3.05) is 32.0 Å². The Balaban J connectivity index is 1.20. The highest BCUT2D eigenvalue weighted by Gasteiger charge is 2.50. The normalized spacial score (nSPS) is 31.4. The molecule has 0 heterocycles. The topological polar surface area (TPSA) is 62.6 Å². The number of anilines is 1. The second-order valence-corrected chi connectivity index (χ2v) is 9.56. The third-order valence-corrected chi connectivity index (χ3v) is 6.88. The van der Waals surface area contributed by atoms with E-state index >= 15 is 0 Å². The average Bonchev–Trinajstić information content (AvgIpc) is 2.61. The molecule has 152 valence electrons. The van der Waals surface area contributed by atoms with Gasteiger partial charge in [-0.3, -0.25) is 9.59 Å². The number of halogens is 1. The number of hydrogen-bond acceptors (Lipinski definition) is 2. The van der Waals surface area contributed by atoms with Gasteiger partial charge in [0, 0.05) is 12.2 Å². The van der Waals surface area contributed by atoms with E-state index in [9.17, 15) is 14.0 Å². The van der Waals surface area contributed by atoms with Gasteiger partial charge in [0.15, 0.2) is 13.1 Å². The van der Waals surface area contributed by atoms with Crippen LogP contribution < -0.4 is 15.5 Å². The van der Waals surface area contributed by atoms with Crippen molar-refractivity contribution in [1.82, 2.24) is 5.32 Å². The molecular formula is C22H31FN3O2+. The molecule has 0 aliphatic heterocycles. The monoisotopic (exact) mass is 388 g/mol. The molecule has 2 amide bonds. The Morgan fingerprint density at radius 3 is 2.11 bits per heavy atom. The number of quaternary nitrogens is 1. The number of nitrogens with one attached hydrogen (secondary N) is 3. The maximum absolute atomic E-state index is 12.9. The van der Waals surface area contributed by atoms with E-state index in [4.69, 9.17) is 0 Å². The van der Waals surface area contributed by atoms with Gasteiger partial charge in [-0.2, -0.15) is 0 Å². The van der Waals surface area contributed by atoms with Gasteiger partial charge in [-0.05, 0) is 86.0 Å². The summed E-state index contributed by atoms with van der Waals surface area (Å²) in [4.78, 5) is 25.4. The van der Waals surface area contributed by atoms with Crippen molar-refractivity contribution < 1.29 is 18.9 Å². The van der Waals surface area contributed by atoms with Gasteiger partial charge in [0.2, 0.25) is 0 Å². The summed E-state index contributed by atoms with van der Waals surface area (Å²) < 4.78 is 12.9. The maximum atomic E-state index is 12.9. The molecule has 0 spiro atoms. The average molecular weight is 389 g/mol. The number of carbonyl (C=O) groups is 2. The fourth-order valence-electron chi connectivity index (χ4n) is 6.20. The number of benzene rings is 1. The molecule has 4 saturated carbocycles. The summed E-state index contributed by atoms with van der Waals surface area (Å²) in [6, 6.07) is 5.68. The van der Waals surface area contributed by atoms with Crippen molar-refractivity contribution >= 4 is 17.5 Å². The van der Waals surface area contributed by atoms with Gasteiger partial charge < -0.3 is 15.5 Å². The van der Waals surface area contributed by atoms with Crippen molar-refractivity contribution in [2.24, 2.45) is 23.2 Å². The largest absolute Gasteiger partial charge is 0.351 e. The highest BCUT2D eigenvalue weighted by Crippen LogP contribution is 2.59. The molecule has 4 bridgehead atoms. The Kier molecular flexibility index (Phi) is 5.41. The Morgan fingerprint density at radius 2 is 1.54 bits per heavy atom.